The summed E-state index contributed by atoms with van der Waals surface area (Å²) in [5, 5.41) is 9.81. The number of amides is 1. The van der Waals surface area contributed by atoms with Gasteiger partial charge in [-0.1, -0.05) is 6.07 Å². The quantitative estimate of drug-likeness (QED) is 0.778. The summed E-state index contributed by atoms with van der Waals surface area (Å²) in [5.74, 6) is -0.492. The third-order valence-corrected chi connectivity index (χ3v) is 3.03. The summed E-state index contributed by atoms with van der Waals surface area (Å²) in [6.45, 7) is 0. The number of aromatic nitrogens is 4. The summed E-state index contributed by atoms with van der Waals surface area (Å²) in [4.78, 5) is 19.8. The smallest absolute Gasteiger partial charge is 0.416 e. The topological polar surface area (TPSA) is 93.8 Å². The molecule has 1 amide bonds. The first kappa shape index (κ1) is 16.6. The van der Waals surface area contributed by atoms with Gasteiger partial charge in [-0.3, -0.25) is 9.78 Å². The minimum atomic E-state index is -4.49. The number of benzene rings is 1. The van der Waals surface area contributed by atoms with Crippen LogP contribution in [0.5, 0.6) is 0 Å². The maximum Gasteiger partial charge on any atom is 0.416 e. The lowest BCUT2D eigenvalue weighted by atomic mass is 10.2. The molecular formula is C15H10F3N5O2. The van der Waals surface area contributed by atoms with Crippen LogP contribution in [0.3, 0.4) is 0 Å². The molecule has 0 saturated carbocycles. The third-order valence-electron chi connectivity index (χ3n) is 3.03. The van der Waals surface area contributed by atoms with Gasteiger partial charge in [0.2, 0.25) is 11.8 Å². The highest BCUT2D eigenvalue weighted by molar-refractivity contribution is 5.91. The molecule has 0 aliphatic heterocycles. The van der Waals surface area contributed by atoms with Crippen LogP contribution in [0.15, 0.2) is 47.3 Å². The molecule has 0 radical (unpaired) electrons. The van der Waals surface area contributed by atoms with Crippen LogP contribution in [0.2, 0.25) is 0 Å². The lowest BCUT2D eigenvalue weighted by molar-refractivity contribution is -0.137. The van der Waals surface area contributed by atoms with Gasteiger partial charge < -0.3 is 9.73 Å². The number of rotatable bonds is 4. The summed E-state index contributed by atoms with van der Waals surface area (Å²) in [6, 6.07) is 4.32. The largest absolute Gasteiger partial charge is 0.419 e. The molecule has 128 valence electrons. The number of hydrogen-bond acceptors (Lipinski definition) is 6. The Morgan fingerprint density at radius 2 is 2.04 bits per heavy atom. The number of alkyl halides is 3. The third kappa shape index (κ3) is 4.16. The number of hydrogen-bond donors (Lipinski definition) is 1. The zero-order valence-corrected chi connectivity index (χ0v) is 12.5. The second-order valence-electron chi connectivity index (χ2n) is 4.90. The van der Waals surface area contributed by atoms with Crippen molar-refractivity contribution >= 4 is 11.6 Å². The lowest BCUT2D eigenvalue weighted by Crippen LogP contribution is -2.15. The van der Waals surface area contributed by atoms with Gasteiger partial charge in [-0.2, -0.15) is 13.2 Å². The normalized spacial score (nSPS) is 11.3. The van der Waals surface area contributed by atoms with Crippen molar-refractivity contribution in [2.24, 2.45) is 0 Å². The summed E-state index contributed by atoms with van der Waals surface area (Å²) < 4.78 is 43.3. The molecule has 3 aromatic rings. The molecule has 25 heavy (non-hydrogen) atoms. The van der Waals surface area contributed by atoms with Gasteiger partial charge in [0.1, 0.15) is 12.1 Å². The Morgan fingerprint density at radius 3 is 2.76 bits per heavy atom. The van der Waals surface area contributed by atoms with E-state index < -0.39 is 17.6 Å². The predicted octanol–water partition coefficient (Wildman–Crippen LogP) is 2.73. The van der Waals surface area contributed by atoms with E-state index in [-0.39, 0.29) is 23.9 Å². The fourth-order valence-electron chi connectivity index (χ4n) is 1.95. The summed E-state index contributed by atoms with van der Waals surface area (Å²) in [7, 11) is 0. The van der Waals surface area contributed by atoms with Crippen LogP contribution in [0.25, 0.3) is 11.6 Å². The minimum Gasteiger partial charge on any atom is -0.419 e. The fourth-order valence-corrected chi connectivity index (χ4v) is 1.95. The molecule has 0 atom stereocenters. The second kappa shape index (κ2) is 6.67. The molecule has 0 fully saturated rings. The molecule has 7 nitrogen and oxygen atoms in total. The van der Waals surface area contributed by atoms with Crippen LogP contribution >= 0.6 is 0 Å². The van der Waals surface area contributed by atoms with Gasteiger partial charge in [0, 0.05) is 18.1 Å². The SMILES string of the molecule is O=C(Cc1nnc(-c2cnccn2)o1)Nc1cccc(C(F)(F)F)c1. The minimum absolute atomic E-state index is 0.00475. The van der Waals surface area contributed by atoms with E-state index in [1.54, 1.807) is 0 Å². The first-order valence-electron chi connectivity index (χ1n) is 6.98. The van der Waals surface area contributed by atoms with E-state index in [4.69, 9.17) is 4.42 Å². The summed E-state index contributed by atoms with van der Waals surface area (Å²) in [5.41, 5.74) is -0.485. The van der Waals surface area contributed by atoms with Crippen molar-refractivity contribution in [3.05, 3.63) is 54.3 Å². The van der Waals surface area contributed by atoms with Crippen molar-refractivity contribution in [3.8, 4) is 11.6 Å². The van der Waals surface area contributed by atoms with Gasteiger partial charge in [-0.15, -0.1) is 10.2 Å². The first-order chi connectivity index (χ1) is 11.9. The highest BCUT2D eigenvalue weighted by atomic mass is 19.4. The molecule has 2 aromatic heterocycles. The van der Waals surface area contributed by atoms with E-state index in [0.29, 0.717) is 5.69 Å². The molecule has 10 heteroatoms. The molecule has 0 spiro atoms. The molecule has 0 aliphatic carbocycles. The van der Waals surface area contributed by atoms with Crippen molar-refractivity contribution in [3.63, 3.8) is 0 Å². The number of anilines is 1. The van der Waals surface area contributed by atoms with E-state index in [0.717, 1.165) is 12.1 Å². The Bertz CT molecular complexity index is 880. The zero-order valence-electron chi connectivity index (χ0n) is 12.5. The Kier molecular flexibility index (Phi) is 4.42. The monoisotopic (exact) mass is 349 g/mol. The van der Waals surface area contributed by atoms with Crippen LogP contribution in [0, 0.1) is 0 Å². The Hall–Kier alpha value is -3.30. The van der Waals surface area contributed by atoms with Crippen molar-refractivity contribution in [1.82, 2.24) is 20.2 Å². The highest BCUT2D eigenvalue weighted by Crippen LogP contribution is 2.30. The number of nitrogens with one attached hydrogen (secondary N) is 1. The van der Waals surface area contributed by atoms with Crippen LogP contribution < -0.4 is 5.32 Å². The highest BCUT2D eigenvalue weighted by Gasteiger charge is 2.30. The van der Waals surface area contributed by atoms with Crippen molar-refractivity contribution in [2.45, 2.75) is 12.6 Å². The van der Waals surface area contributed by atoms with Gasteiger partial charge in [0.15, 0.2) is 0 Å². The van der Waals surface area contributed by atoms with Crippen LogP contribution in [-0.2, 0) is 17.4 Å². The van der Waals surface area contributed by atoms with Gasteiger partial charge in [0.25, 0.3) is 5.89 Å². The number of nitrogens with zero attached hydrogens (tertiary/aromatic N) is 4. The average molecular weight is 349 g/mol. The molecule has 0 unspecified atom stereocenters. The number of carbonyl (C=O) groups is 1. The molecule has 2 heterocycles. The molecular weight excluding hydrogens is 339 g/mol. The maximum atomic E-state index is 12.7. The zero-order chi connectivity index (χ0) is 17.9. The molecule has 0 bridgehead atoms. The maximum absolute atomic E-state index is 12.7. The van der Waals surface area contributed by atoms with Crippen LogP contribution in [-0.4, -0.2) is 26.1 Å². The van der Waals surface area contributed by atoms with Crippen molar-refractivity contribution < 1.29 is 22.4 Å². The van der Waals surface area contributed by atoms with Gasteiger partial charge in [0.05, 0.1) is 11.8 Å². The van der Waals surface area contributed by atoms with E-state index in [2.05, 4.69) is 25.5 Å². The Morgan fingerprint density at radius 1 is 1.20 bits per heavy atom. The molecule has 1 N–H and O–H groups in total. The second-order valence-corrected chi connectivity index (χ2v) is 4.90. The first-order valence-corrected chi connectivity index (χ1v) is 6.98. The van der Waals surface area contributed by atoms with Crippen LogP contribution in [0.1, 0.15) is 11.5 Å². The molecule has 1 aromatic carbocycles. The fraction of sp³-hybridized carbons (Fsp3) is 0.133. The molecule has 0 aliphatic rings. The van der Waals surface area contributed by atoms with Gasteiger partial charge in [-0.05, 0) is 18.2 Å². The molecule has 3 rings (SSSR count). The predicted molar refractivity (Wildman–Crippen MR) is 79.1 cm³/mol. The van der Waals surface area contributed by atoms with E-state index in [1.807, 2.05) is 0 Å². The van der Waals surface area contributed by atoms with E-state index in [1.165, 1.54) is 30.7 Å². The summed E-state index contributed by atoms with van der Waals surface area (Å²) >= 11 is 0. The van der Waals surface area contributed by atoms with Crippen molar-refractivity contribution in [2.75, 3.05) is 5.32 Å². The number of carbonyl (C=O) groups excluding carboxylic acids is 1. The number of halogens is 3. The van der Waals surface area contributed by atoms with Crippen LogP contribution in [0.4, 0.5) is 18.9 Å². The van der Waals surface area contributed by atoms with E-state index >= 15 is 0 Å². The Balaban J connectivity index is 1.67. The molecule has 0 saturated heterocycles. The Labute approximate surface area is 138 Å². The van der Waals surface area contributed by atoms with Gasteiger partial charge in [-0.25, -0.2) is 4.98 Å². The lowest BCUT2D eigenvalue weighted by Gasteiger charge is -2.09. The van der Waals surface area contributed by atoms with Crippen molar-refractivity contribution in [1.29, 1.82) is 0 Å². The summed E-state index contributed by atoms with van der Waals surface area (Å²) in [6.07, 6.45) is -0.439. The average Bonchev–Trinajstić information content (AvgIpc) is 3.03. The van der Waals surface area contributed by atoms with E-state index in [9.17, 15) is 18.0 Å². The standard InChI is InChI=1S/C15H10F3N5O2/c16-15(17,18)9-2-1-3-10(6-9)21-12(24)7-13-22-23-14(25-13)11-8-19-4-5-20-11/h1-6,8H,7H2,(H,21,24). The van der Waals surface area contributed by atoms with Gasteiger partial charge >= 0.3 is 6.18 Å².